The van der Waals surface area contributed by atoms with Gasteiger partial charge in [0.05, 0.1) is 5.97 Å². The minimum Gasteiger partial charge on any atom is -0.546 e. The zero-order valence-corrected chi connectivity index (χ0v) is 5.18. The molecular weight excluding hydrogens is 165 g/mol. The fraction of sp³-hybridized carbons (Fsp3) is 0.400. The Bertz CT molecular complexity index is 186. The van der Waals surface area contributed by atoms with Gasteiger partial charge >= 0.3 is 6.18 Å². The van der Waals surface area contributed by atoms with Gasteiger partial charge in [-0.2, -0.15) is 13.2 Å². The summed E-state index contributed by atoms with van der Waals surface area (Å²) >= 11 is 0. The van der Waals surface area contributed by atoms with Crippen molar-refractivity contribution < 1.29 is 28.2 Å². The molecule has 0 aromatic heterocycles. The zero-order chi connectivity index (χ0) is 9.28. The highest BCUT2D eigenvalue weighted by Crippen LogP contribution is 2.30. The molecule has 6 heteroatoms. The molecule has 0 aromatic rings. The number of alkyl halides is 3. The third-order valence-electron chi connectivity index (χ3n) is 1.04. The van der Waals surface area contributed by atoms with Crippen LogP contribution in [0.15, 0.2) is 12.7 Å². The number of hydrogen-bond donors (Lipinski definition) is 1. The standard InChI is InChI=1S/C5H5F3O3/c1-2-4(11,3(9)10)5(6,7)8/h2,11H,1H2,(H,9,10)/p-1/t4-/m0/s1. The van der Waals surface area contributed by atoms with E-state index in [1.54, 1.807) is 0 Å². The van der Waals surface area contributed by atoms with Crippen molar-refractivity contribution in [1.82, 2.24) is 0 Å². The van der Waals surface area contributed by atoms with E-state index in [9.17, 15) is 23.1 Å². The largest absolute Gasteiger partial charge is 0.546 e. The van der Waals surface area contributed by atoms with Crippen LogP contribution in [0.3, 0.4) is 0 Å². The van der Waals surface area contributed by atoms with Crippen LogP contribution in [0.2, 0.25) is 0 Å². The van der Waals surface area contributed by atoms with Gasteiger partial charge in [-0.3, -0.25) is 0 Å². The second-order valence-electron chi connectivity index (χ2n) is 1.76. The van der Waals surface area contributed by atoms with Gasteiger partial charge in [-0.25, -0.2) is 0 Å². The molecule has 0 amide bonds. The third kappa shape index (κ3) is 1.51. The minimum absolute atomic E-state index is 0.137. The van der Waals surface area contributed by atoms with E-state index in [0.717, 1.165) is 0 Å². The molecule has 1 N–H and O–H groups in total. The van der Waals surface area contributed by atoms with E-state index in [4.69, 9.17) is 5.11 Å². The summed E-state index contributed by atoms with van der Waals surface area (Å²) in [5.41, 5.74) is -3.95. The summed E-state index contributed by atoms with van der Waals surface area (Å²) < 4.78 is 34.8. The molecular formula is C5H4F3O3-. The Morgan fingerprint density at radius 1 is 1.55 bits per heavy atom. The van der Waals surface area contributed by atoms with Crippen molar-refractivity contribution in [2.75, 3.05) is 0 Å². The maximum Gasteiger partial charge on any atom is 0.426 e. The van der Waals surface area contributed by atoms with Crippen molar-refractivity contribution in [3.05, 3.63) is 12.7 Å². The molecule has 0 saturated heterocycles. The predicted molar refractivity (Wildman–Crippen MR) is 26.2 cm³/mol. The number of carboxylic acids is 1. The number of hydrogen-bond acceptors (Lipinski definition) is 3. The van der Waals surface area contributed by atoms with E-state index in [2.05, 4.69) is 6.58 Å². The maximum absolute atomic E-state index is 11.6. The normalized spacial score (nSPS) is 17.1. The Kier molecular flexibility index (Phi) is 2.30. The van der Waals surface area contributed by atoms with Gasteiger partial charge in [0.25, 0.3) is 0 Å². The van der Waals surface area contributed by atoms with Crippen LogP contribution in [-0.4, -0.2) is 22.9 Å². The lowest BCUT2D eigenvalue weighted by Crippen LogP contribution is -2.56. The average Bonchev–Trinajstić information content (AvgIpc) is 1.83. The van der Waals surface area contributed by atoms with E-state index in [-0.39, 0.29) is 6.08 Å². The number of rotatable bonds is 2. The lowest BCUT2D eigenvalue weighted by atomic mass is 10.1. The fourth-order valence-corrected chi connectivity index (χ4v) is 0.315. The van der Waals surface area contributed by atoms with Gasteiger partial charge in [0.15, 0.2) is 0 Å². The smallest absolute Gasteiger partial charge is 0.426 e. The number of carboxylic acid groups (broad SMARTS) is 1. The lowest BCUT2D eigenvalue weighted by molar-refractivity contribution is -0.345. The summed E-state index contributed by atoms with van der Waals surface area (Å²) in [6.07, 6.45) is -5.43. The molecule has 0 unspecified atom stereocenters. The third-order valence-corrected chi connectivity index (χ3v) is 1.04. The molecule has 0 radical (unpaired) electrons. The number of carbonyl (C=O) groups excluding carboxylic acids is 1. The monoisotopic (exact) mass is 169 g/mol. The van der Waals surface area contributed by atoms with Crippen molar-refractivity contribution in [2.24, 2.45) is 0 Å². The Hall–Kier alpha value is -1.04. The van der Waals surface area contributed by atoms with Crippen LogP contribution in [-0.2, 0) is 4.79 Å². The molecule has 0 fully saturated rings. The van der Waals surface area contributed by atoms with Crippen molar-refractivity contribution in [3.8, 4) is 0 Å². The summed E-state index contributed by atoms with van der Waals surface area (Å²) in [5.74, 6) is -2.64. The maximum atomic E-state index is 11.6. The minimum atomic E-state index is -5.30. The SMILES string of the molecule is C=C[C@](O)(C(=O)[O-])C(F)(F)F. The highest BCUT2D eigenvalue weighted by molar-refractivity contribution is 5.78. The summed E-state index contributed by atoms with van der Waals surface area (Å²) in [5, 5.41) is 18.1. The van der Waals surface area contributed by atoms with Gasteiger partial charge in [-0.15, -0.1) is 0 Å². The van der Waals surface area contributed by atoms with Gasteiger partial charge in [0, 0.05) is 0 Å². The second-order valence-corrected chi connectivity index (χ2v) is 1.76. The van der Waals surface area contributed by atoms with Crippen molar-refractivity contribution in [3.63, 3.8) is 0 Å². The molecule has 0 heterocycles. The fourth-order valence-electron chi connectivity index (χ4n) is 0.315. The van der Waals surface area contributed by atoms with Gasteiger partial charge in [0.2, 0.25) is 5.60 Å². The van der Waals surface area contributed by atoms with Gasteiger partial charge in [0.1, 0.15) is 0 Å². The van der Waals surface area contributed by atoms with Crippen LogP contribution in [0.25, 0.3) is 0 Å². The first kappa shape index (κ1) is 9.96. The van der Waals surface area contributed by atoms with Crippen LogP contribution in [0.5, 0.6) is 0 Å². The van der Waals surface area contributed by atoms with E-state index in [0.29, 0.717) is 0 Å². The Morgan fingerprint density at radius 3 is 1.91 bits per heavy atom. The second kappa shape index (κ2) is 2.54. The van der Waals surface area contributed by atoms with E-state index in [1.807, 2.05) is 0 Å². The molecule has 0 aliphatic heterocycles. The number of carbonyl (C=O) groups is 1. The molecule has 64 valence electrons. The molecule has 0 aliphatic carbocycles. The van der Waals surface area contributed by atoms with Gasteiger partial charge in [-0.1, -0.05) is 6.58 Å². The number of halogens is 3. The topological polar surface area (TPSA) is 60.4 Å². The van der Waals surface area contributed by atoms with E-state index in [1.165, 1.54) is 0 Å². The summed E-state index contributed by atoms with van der Waals surface area (Å²) in [6.45, 7) is 2.53. The van der Waals surface area contributed by atoms with Crippen LogP contribution < -0.4 is 5.11 Å². The van der Waals surface area contributed by atoms with Crippen LogP contribution in [0.1, 0.15) is 0 Å². The van der Waals surface area contributed by atoms with Crippen LogP contribution in [0, 0.1) is 0 Å². The van der Waals surface area contributed by atoms with Crippen molar-refractivity contribution >= 4 is 5.97 Å². The average molecular weight is 169 g/mol. The lowest BCUT2D eigenvalue weighted by Gasteiger charge is -2.27. The molecule has 1 atom stereocenters. The number of aliphatic hydroxyl groups is 1. The molecule has 3 nitrogen and oxygen atoms in total. The first-order valence-electron chi connectivity index (χ1n) is 2.40. The molecule has 11 heavy (non-hydrogen) atoms. The predicted octanol–water partition coefficient (Wildman–Crippen LogP) is -0.784. The van der Waals surface area contributed by atoms with Crippen LogP contribution >= 0.6 is 0 Å². The Morgan fingerprint density at radius 2 is 1.91 bits per heavy atom. The van der Waals surface area contributed by atoms with Crippen molar-refractivity contribution in [1.29, 1.82) is 0 Å². The Labute approximate surface area is 59.8 Å². The van der Waals surface area contributed by atoms with Gasteiger partial charge < -0.3 is 15.0 Å². The molecule has 0 bridgehead atoms. The van der Waals surface area contributed by atoms with Crippen molar-refractivity contribution in [2.45, 2.75) is 11.8 Å². The van der Waals surface area contributed by atoms with Crippen LogP contribution in [0.4, 0.5) is 13.2 Å². The zero-order valence-electron chi connectivity index (χ0n) is 5.18. The number of aliphatic carboxylic acids is 1. The van der Waals surface area contributed by atoms with Gasteiger partial charge in [-0.05, 0) is 6.08 Å². The molecule has 0 aliphatic rings. The molecule has 0 aromatic carbocycles. The highest BCUT2D eigenvalue weighted by atomic mass is 19.4. The highest BCUT2D eigenvalue weighted by Gasteiger charge is 2.52. The Balaban J connectivity index is 4.91. The summed E-state index contributed by atoms with van der Waals surface area (Å²) in [4.78, 5) is 9.75. The summed E-state index contributed by atoms with van der Waals surface area (Å²) in [6, 6.07) is 0. The first-order chi connectivity index (χ1) is 4.75. The van der Waals surface area contributed by atoms with E-state index < -0.39 is 17.7 Å². The molecule has 0 saturated carbocycles. The first-order valence-corrected chi connectivity index (χ1v) is 2.40. The quantitative estimate of drug-likeness (QED) is 0.551. The molecule has 0 spiro atoms. The summed E-state index contributed by atoms with van der Waals surface area (Å²) in [7, 11) is 0. The molecule has 0 rings (SSSR count). The van der Waals surface area contributed by atoms with E-state index >= 15 is 0 Å².